The molecule has 0 N–H and O–H groups in total. The molecule has 0 radical (unpaired) electrons. The van der Waals surface area contributed by atoms with E-state index in [2.05, 4.69) is 4.98 Å². The number of aryl methyl sites for hydroxylation is 2. The van der Waals surface area contributed by atoms with Crippen molar-refractivity contribution in [3.05, 3.63) is 64.5 Å². The molecular formula is C15H13F2NO. The molecule has 0 aliphatic rings. The average molecular weight is 261 g/mol. The number of carbonyl (C=O) groups excluding carboxylic acids is 1. The zero-order chi connectivity index (χ0) is 14.0. The van der Waals surface area contributed by atoms with Gasteiger partial charge in [-0.05, 0) is 49.7 Å². The van der Waals surface area contributed by atoms with E-state index < -0.39 is 11.6 Å². The van der Waals surface area contributed by atoms with Crippen molar-refractivity contribution in [2.24, 2.45) is 0 Å². The second kappa shape index (κ2) is 5.26. The number of rotatable bonds is 3. The number of hydrogen-bond acceptors (Lipinski definition) is 2. The lowest BCUT2D eigenvalue weighted by atomic mass is 10.0. The average Bonchev–Trinajstić information content (AvgIpc) is 2.33. The van der Waals surface area contributed by atoms with Crippen LogP contribution in [0.25, 0.3) is 0 Å². The van der Waals surface area contributed by atoms with E-state index in [0.717, 1.165) is 23.9 Å². The molecule has 0 unspecified atom stereocenters. The highest BCUT2D eigenvalue weighted by Gasteiger charge is 2.14. The van der Waals surface area contributed by atoms with Crippen molar-refractivity contribution in [2.75, 3.05) is 0 Å². The first kappa shape index (κ1) is 13.3. The van der Waals surface area contributed by atoms with Gasteiger partial charge in [0.05, 0.1) is 0 Å². The highest BCUT2D eigenvalue weighted by Crippen LogP contribution is 2.15. The summed E-state index contributed by atoms with van der Waals surface area (Å²) in [7, 11) is 0. The normalized spacial score (nSPS) is 10.5. The first-order valence-corrected chi connectivity index (χ1v) is 5.89. The van der Waals surface area contributed by atoms with E-state index in [-0.39, 0.29) is 17.8 Å². The maximum Gasteiger partial charge on any atom is 0.169 e. The van der Waals surface area contributed by atoms with Crippen LogP contribution in [0.2, 0.25) is 0 Å². The van der Waals surface area contributed by atoms with Crippen molar-refractivity contribution in [3.8, 4) is 0 Å². The summed E-state index contributed by atoms with van der Waals surface area (Å²) in [5.74, 6) is -1.40. The Morgan fingerprint density at radius 3 is 2.58 bits per heavy atom. The van der Waals surface area contributed by atoms with Crippen molar-refractivity contribution in [2.45, 2.75) is 20.3 Å². The second-order valence-corrected chi connectivity index (χ2v) is 4.42. The van der Waals surface area contributed by atoms with Gasteiger partial charge in [-0.1, -0.05) is 0 Å². The summed E-state index contributed by atoms with van der Waals surface area (Å²) in [6.07, 6.45) is -0.171. The molecular weight excluding hydrogens is 248 g/mol. The van der Waals surface area contributed by atoms with Crippen LogP contribution >= 0.6 is 0 Å². The van der Waals surface area contributed by atoms with Crippen molar-refractivity contribution in [1.29, 1.82) is 0 Å². The standard InChI is InChI=1S/C15H13F2NO/c1-9-3-5-13(10(2)18-9)15(19)8-11-7-12(16)4-6-14(11)17/h3-7H,8H2,1-2H3. The summed E-state index contributed by atoms with van der Waals surface area (Å²) in [4.78, 5) is 16.3. The minimum Gasteiger partial charge on any atom is -0.294 e. The van der Waals surface area contributed by atoms with Gasteiger partial charge in [0.25, 0.3) is 0 Å². The number of halogens is 2. The molecule has 4 heteroatoms. The van der Waals surface area contributed by atoms with E-state index >= 15 is 0 Å². The highest BCUT2D eigenvalue weighted by molar-refractivity contribution is 5.98. The first-order chi connectivity index (χ1) is 8.97. The summed E-state index contributed by atoms with van der Waals surface area (Å²) in [5, 5.41) is 0. The lowest BCUT2D eigenvalue weighted by molar-refractivity contribution is 0.0991. The van der Waals surface area contributed by atoms with Crippen molar-refractivity contribution < 1.29 is 13.6 Å². The number of nitrogens with zero attached hydrogens (tertiary/aromatic N) is 1. The minimum atomic E-state index is -0.576. The molecule has 0 saturated carbocycles. The van der Waals surface area contributed by atoms with Crippen LogP contribution in [0.3, 0.4) is 0 Å². The Balaban J connectivity index is 2.28. The van der Waals surface area contributed by atoms with Crippen LogP contribution in [0.5, 0.6) is 0 Å². The summed E-state index contributed by atoms with van der Waals surface area (Å²) in [6, 6.07) is 6.49. The molecule has 1 aromatic carbocycles. The lowest BCUT2D eigenvalue weighted by Gasteiger charge is -2.06. The number of aromatic nitrogens is 1. The maximum absolute atomic E-state index is 13.5. The number of benzene rings is 1. The van der Waals surface area contributed by atoms with E-state index in [1.165, 1.54) is 0 Å². The Morgan fingerprint density at radius 2 is 1.89 bits per heavy atom. The van der Waals surface area contributed by atoms with E-state index in [1.54, 1.807) is 19.1 Å². The third kappa shape index (κ3) is 3.02. The molecule has 0 bridgehead atoms. The van der Waals surface area contributed by atoms with E-state index in [1.807, 2.05) is 6.92 Å². The molecule has 2 nitrogen and oxygen atoms in total. The molecule has 2 rings (SSSR count). The molecule has 98 valence electrons. The van der Waals surface area contributed by atoms with Gasteiger partial charge < -0.3 is 0 Å². The number of hydrogen-bond donors (Lipinski definition) is 0. The first-order valence-electron chi connectivity index (χ1n) is 5.89. The highest BCUT2D eigenvalue weighted by atomic mass is 19.1. The van der Waals surface area contributed by atoms with Crippen LogP contribution in [0.15, 0.2) is 30.3 Å². The van der Waals surface area contributed by atoms with Gasteiger partial charge in [0.1, 0.15) is 11.6 Å². The zero-order valence-electron chi connectivity index (χ0n) is 10.7. The quantitative estimate of drug-likeness (QED) is 0.792. The van der Waals surface area contributed by atoms with Gasteiger partial charge in [-0.25, -0.2) is 8.78 Å². The molecule has 0 spiro atoms. The molecule has 0 fully saturated rings. The monoisotopic (exact) mass is 261 g/mol. The SMILES string of the molecule is Cc1ccc(C(=O)Cc2cc(F)ccc2F)c(C)n1. The largest absolute Gasteiger partial charge is 0.294 e. The van der Waals surface area contributed by atoms with Crippen molar-refractivity contribution in [1.82, 2.24) is 4.98 Å². The van der Waals surface area contributed by atoms with E-state index in [0.29, 0.717) is 11.3 Å². The molecule has 0 aliphatic heterocycles. The smallest absolute Gasteiger partial charge is 0.169 e. The summed E-state index contributed by atoms with van der Waals surface area (Å²) >= 11 is 0. The lowest BCUT2D eigenvalue weighted by Crippen LogP contribution is -2.08. The predicted molar refractivity (Wildman–Crippen MR) is 68.1 cm³/mol. The summed E-state index contributed by atoms with van der Waals surface area (Å²) in [5.41, 5.74) is 1.91. The fourth-order valence-corrected chi connectivity index (χ4v) is 1.93. The van der Waals surface area contributed by atoms with Gasteiger partial charge >= 0.3 is 0 Å². The van der Waals surface area contributed by atoms with Crippen LogP contribution in [-0.2, 0) is 6.42 Å². The Hall–Kier alpha value is -2.10. The van der Waals surface area contributed by atoms with Gasteiger partial charge in [-0.2, -0.15) is 0 Å². The molecule has 0 amide bonds. The third-order valence-electron chi connectivity index (χ3n) is 2.88. The van der Waals surface area contributed by atoms with Crippen LogP contribution in [0.4, 0.5) is 8.78 Å². The Labute approximate surface area is 110 Å². The second-order valence-electron chi connectivity index (χ2n) is 4.42. The number of Topliss-reactive ketones (excluding diaryl/α,β-unsaturated/α-hetero) is 1. The topological polar surface area (TPSA) is 30.0 Å². The minimum absolute atomic E-state index is 0.0602. The molecule has 0 saturated heterocycles. The number of ketones is 1. The Kier molecular flexibility index (Phi) is 3.69. The van der Waals surface area contributed by atoms with Crippen LogP contribution in [-0.4, -0.2) is 10.8 Å². The molecule has 1 heterocycles. The Bertz CT molecular complexity index is 638. The summed E-state index contributed by atoms with van der Waals surface area (Å²) in [6.45, 7) is 3.55. The van der Waals surface area contributed by atoms with Gasteiger partial charge in [0, 0.05) is 23.4 Å². The van der Waals surface area contributed by atoms with Crippen molar-refractivity contribution in [3.63, 3.8) is 0 Å². The van der Waals surface area contributed by atoms with Crippen LogP contribution < -0.4 is 0 Å². The maximum atomic E-state index is 13.5. The van der Waals surface area contributed by atoms with E-state index in [4.69, 9.17) is 0 Å². The molecule has 1 aromatic heterocycles. The van der Waals surface area contributed by atoms with Gasteiger partial charge in [-0.3, -0.25) is 9.78 Å². The van der Waals surface area contributed by atoms with Crippen LogP contribution in [0, 0.1) is 25.5 Å². The fraction of sp³-hybridized carbons (Fsp3) is 0.200. The van der Waals surface area contributed by atoms with Gasteiger partial charge in [0.2, 0.25) is 0 Å². The van der Waals surface area contributed by atoms with Gasteiger partial charge in [-0.15, -0.1) is 0 Å². The van der Waals surface area contributed by atoms with E-state index in [9.17, 15) is 13.6 Å². The Morgan fingerprint density at radius 1 is 1.16 bits per heavy atom. The third-order valence-corrected chi connectivity index (χ3v) is 2.88. The summed E-state index contributed by atoms with van der Waals surface area (Å²) < 4.78 is 26.5. The van der Waals surface area contributed by atoms with Crippen LogP contribution in [0.1, 0.15) is 27.3 Å². The van der Waals surface area contributed by atoms with Crippen molar-refractivity contribution >= 4 is 5.78 Å². The predicted octanol–water partition coefficient (Wildman–Crippen LogP) is 3.40. The van der Waals surface area contributed by atoms with Gasteiger partial charge in [0.15, 0.2) is 5.78 Å². The number of carbonyl (C=O) groups is 1. The number of pyridine rings is 1. The molecule has 0 atom stereocenters. The molecule has 19 heavy (non-hydrogen) atoms. The molecule has 0 aliphatic carbocycles. The fourth-order valence-electron chi connectivity index (χ4n) is 1.93. The molecule has 2 aromatic rings. The zero-order valence-corrected chi connectivity index (χ0v) is 10.7.